The van der Waals surface area contributed by atoms with E-state index in [9.17, 15) is 83.1 Å². The normalized spacial score (nSPS) is 18.1. The fourth-order valence-electron chi connectivity index (χ4n) is 11.2. The van der Waals surface area contributed by atoms with Gasteiger partial charge in [-0.1, -0.05) is 134 Å². The van der Waals surface area contributed by atoms with Gasteiger partial charge >= 0.3 is 93.5 Å². The Hall–Kier alpha value is -8.68. The molecule has 2 aliphatic heterocycles. The first-order chi connectivity index (χ1) is 59.3. The molecule has 691 valence electrons. The number of H-pyrrole nitrogens is 5. The van der Waals surface area contributed by atoms with E-state index in [0.717, 1.165) is 87.6 Å². The van der Waals surface area contributed by atoms with Gasteiger partial charge in [-0.15, -0.1) is 11.6 Å². The van der Waals surface area contributed by atoms with Crippen molar-refractivity contribution in [3.05, 3.63) is 297 Å². The van der Waals surface area contributed by atoms with Crippen LogP contribution in [0.1, 0.15) is 135 Å². The third-order valence-corrected chi connectivity index (χ3v) is 25.4. The van der Waals surface area contributed by atoms with Gasteiger partial charge in [0.1, 0.15) is 65.9 Å². The minimum atomic E-state index is -1.39. The second-order valence-electron chi connectivity index (χ2n) is 29.1. The Kier molecular flexibility index (Phi) is 51.2. The van der Waals surface area contributed by atoms with E-state index in [2.05, 4.69) is 48.8 Å². The zero-order valence-electron chi connectivity index (χ0n) is 75.2. The summed E-state index contributed by atoms with van der Waals surface area (Å²) in [6.45, 7) is 16.0. The minimum absolute atomic E-state index is 0. The number of benzene rings is 4. The molecule has 2 fully saturated rings. The standard InChI is InChI=1S/C21H19ClO2.C17H20N2O6.C10H14N2O5.C10H16N2O5.C10H14N2O5.C9H12N2O6.C6H15ClSi.B.2Na.2H/c1-23-19-12-8-17(9-13-19)21(22,16-6-4-3-5-7-16)18-10-14-20(24-2)15-11-18;1-2-13(10-20)25-15(19-9-8-14(21)18-17(19)23)11-24-16(22)12-6-4-3-5-7-12;1-2-5-7(14)8(15)9(17-5)12-4-3-6(13)11-10(12)16;2*1-2-7(5-13)17-9(6-14)12-4-3-8(15)11-10(12)16;12-3-4-6(14)7(15)8(17-4)11-2-1-5(13)10-9(11)16;1-6(2,3)8(4,5)7;;;;;/h3-15H,1-2H3;3-9,13,15,20H,2,10-11H2,1H3,(H,18,21,23);3-5,7-9,14-15H,2H2,1H3,(H,11,13,16);3-4,7,9,13-14H,2,5-6H2,1H3,(H,11,15,16);3-5,7,9,14H,2,6H2,1H3,(H,11,15,16);1-2,4,6-8,12,14-15H,3H2,(H,10,13,16);1-5H3;;;;;/q;;;;;;;;2*+1;2*-1/t;13-,15?;5-,7-,8-,9?;2*7-,9?;4-,6-,7-,8?;;;;;;/m.11111....../s1. The number of hydrogen-bond donors (Lipinski definition) is 14. The molecule has 2 saturated heterocycles. The Morgan fingerprint density at radius 2 is 0.820 bits per heavy atom. The van der Waals surface area contributed by atoms with Gasteiger partial charge in [-0.3, -0.25) is 71.7 Å². The van der Waals surface area contributed by atoms with Crippen LogP contribution >= 0.6 is 22.7 Å². The zero-order chi connectivity index (χ0) is 93.1. The summed E-state index contributed by atoms with van der Waals surface area (Å²) in [4.78, 5) is 145. The number of ether oxygens (including phenoxy) is 8. The van der Waals surface area contributed by atoms with E-state index in [4.69, 9.17) is 81.0 Å². The number of hydrogen-bond acceptors (Lipinski definition) is 29. The number of aliphatic hydroxyl groups is 9. The molecular weight excluding hydrogens is 1760 g/mol. The summed E-state index contributed by atoms with van der Waals surface area (Å²) in [7, 11) is 1.93. The molecular formula is C83H112BCl2N10Na2O29Si. The molecule has 4 aromatic carbocycles. The summed E-state index contributed by atoms with van der Waals surface area (Å²) >= 11 is 13.4. The van der Waals surface area contributed by atoms with Gasteiger partial charge in [0.2, 0.25) is 0 Å². The zero-order valence-corrected chi connectivity index (χ0v) is 79.7. The molecule has 128 heavy (non-hydrogen) atoms. The third-order valence-electron chi connectivity index (χ3n) is 19.5. The second kappa shape index (κ2) is 56.8. The first kappa shape index (κ1) is 115. The Bertz CT molecular complexity index is 5280. The van der Waals surface area contributed by atoms with E-state index < -0.39 is 180 Å². The van der Waals surface area contributed by atoms with Gasteiger partial charge in [-0.05, 0) is 83.8 Å². The van der Waals surface area contributed by atoms with Crippen molar-refractivity contribution >= 4 is 50.7 Å². The Morgan fingerprint density at radius 3 is 1.12 bits per heavy atom. The summed E-state index contributed by atoms with van der Waals surface area (Å²) in [6, 6.07) is 39.9. The number of alkyl halides is 1. The molecule has 11 rings (SSSR count). The van der Waals surface area contributed by atoms with Crippen molar-refractivity contribution < 1.29 is 155 Å². The molecule has 0 amide bonds. The van der Waals surface area contributed by atoms with Crippen molar-refractivity contribution in [2.24, 2.45) is 0 Å². The number of aliphatic hydroxyl groups excluding tert-OH is 9. The third kappa shape index (κ3) is 33.9. The van der Waals surface area contributed by atoms with Crippen LogP contribution in [0.15, 0.2) is 218 Å². The van der Waals surface area contributed by atoms with Crippen LogP contribution in [0.25, 0.3) is 0 Å². The molecule has 9 aromatic rings. The fourth-order valence-corrected chi connectivity index (χ4v) is 11.6. The van der Waals surface area contributed by atoms with Gasteiger partial charge in [-0.2, -0.15) is 11.1 Å². The van der Waals surface area contributed by atoms with Crippen LogP contribution in [0.5, 0.6) is 11.5 Å². The number of nitrogens with zero attached hydrogens (tertiary/aromatic N) is 5. The van der Waals surface area contributed by atoms with Crippen molar-refractivity contribution in [2.75, 3.05) is 53.9 Å². The smallest absolute Gasteiger partial charge is 1.00 e. The van der Waals surface area contributed by atoms with Gasteiger partial charge in [0.25, 0.3) is 27.8 Å². The van der Waals surface area contributed by atoms with Crippen LogP contribution in [-0.2, 0) is 38.1 Å². The van der Waals surface area contributed by atoms with E-state index in [0.29, 0.717) is 42.6 Å². The summed E-state index contributed by atoms with van der Waals surface area (Å²) in [6.07, 6.45) is -4.37. The van der Waals surface area contributed by atoms with Crippen LogP contribution in [0.3, 0.4) is 0 Å². The van der Waals surface area contributed by atoms with Gasteiger partial charge in [0, 0.05) is 69.7 Å². The van der Waals surface area contributed by atoms with Crippen LogP contribution in [0, 0.1) is 0 Å². The molecule has 5 unspecified atom stereocenters. The summed E-state index contributed by atoms with van der Waals surface area (Å²) < 4.78 is 47.7. The van der Waals surface area contributed by atoms with E-state index in [1.807, 2.05) is 103 Å². The molecule has 0 aliphatic carbocycles. The number of halogens is 2. The number of esters is 1. The van der Waals surface area contributed by atoms with E-state index in [-0.39, 0.29) is 90.2 Å². The van der Waals surface area contributed by atoms with Crippen molar-refractivity contribution in [3.8, 4) is 11.5 Å². The maximum atomic E-state index is 12.1. The number of carbonyl (C=O) groups is 2. The van der Waals surface area contributed by atoms with Gasteiger partial charge in [0.15, 0.2) is 38.5 Å². The molecule has 3 radical (unpaired) electrons. The molecule has 7 heterocycles. The maximum absolute atomic E-state index is 12.1. The van der Waals surface area contributed by atoms with Crippen LogP contribution < -0.4 is 125 Å². The van der Waals surface area contributed by atoms with Crippen molar-refractivity contribution in [3.63, 3.8) is 0 Å². The Balaban J connectivity index is 0.00000151. The van der Waals surface area contributed by atoms with Crippen LogP contribution in [-0.4, -0.2) is 231 Å². The minimum Gasteiger partial charge on any atom is -1.00 e. The summed E-state index contributed by atoms with van der Waals surface area (Å²) in [5.41, 5.74) is -2.82. The van der Waals surface area contributed by atoms with Crippen molar-refractivity contribution in [1.82, 2.24) is 47.8 Å². The maximum Gasteiger partial charge on any atom is 1.00 e. The first-order valence-electron chi connectivity index (χ1n) is 39.3. The number of nitrogens with one attached hydrogen (secondary N) is 5. The predicted octanol–water partition coefficient (Wildman–Crippen LogP) is -3.45. The molecule has 2 aliphatic rings. The van der Waals surface area contributed by atoms with E-state index in [1.54, 1.807) is 58.4 Å². The molecule has 5 aromatic heterocycles. The van der Waals surface area contributed by atoms with Gasteiger partial charge < -0.3 is 91.5 Å². The molecule has 14 N–H and O–H groups in total. The average Bonchev–Trinajstić information content (AvgIpc) is 1.03. The Labute approximate surface area is 793 Å². The predicted molar refractivity (Wildman–Crippen MR) is 469 cm³/mol. The average molecular weight is 1870 g/mol. The summed E-state index contributed by atoms with van der Waals surface area (Å²) in [5.74, 6) is 1.05. The largest absolute Gasteiger partial charge is 1.00 e. The Morgan fingerprint density at radius 1 is 0.484 bits per heavy atom. The van der Waals surface area contributed by atoms with Crippen molar-refractivity contribution in [1.29, 1.82) is 0 Å². The van der Waals surface area contributed by atoms with Crippen molar-refractivity contribution in [2.45, 2.75) is 183 Å². The number of aromatic nitrogens is 10. The first-order valence-corrected chi connectivity index (χ1v) is 43.7. The number of methoxy groups -OCH3 is 2. The van der Waals surface area contributed by atoms with Crippen LogP contribution in [0.2, 0.25) is 18.1 Å². The second-order valence-corrected chi connectivity index (χ2v) is 36.9. The van der Waals surface area contributed by atoms with E-state index >= 15 is 0 Å². The molecule has 0 spiro atoms. The number of rotatable bonds is 29. The quantitative estimate of drug-likeness (QED) is 0.00541. The SMILES string of the molecule is CC(C)(C)[Si](C)(C)Cl.CC[C@H](C=O)OC(CO)n1ccc(=O)[nH]c1=O.CC[C@H](CO)OC(CO)n1ccc(=O)[nH]c1=O.CC[C@H](CO)OC(COC(=O)c1ccccc1)n1ccc(=O)[nH]c1=O.CC[C@H]1OC(n2ccc(=O)[nH]c2=O)[C@H](O)[C@@H]1O.COc1ccc(C(Cl)(c2ccccc2)c2ccc(OC)cc2)cc1.O=c1ccn(C2O[C@H](CO)[C@@H](O)[C@H]2O)c(=O)[nH]1.[B].[H-].[H-].[Na+].[Na+]. The van der Waals surface area contributed by atoms with Crippen LogP contribution in [0.4, 0.5) is 0 Å². The molecule has 45 heteroatoms. The van der Waals surface area contributed by atoms with E-state index in [1.165, 1.54) is 24.8 Å². The number of aromatic amines is 5. The molecule has 0 bridgehead atoms. The van der Waals surface area contributed by atoms with Gasteiger partial charge in [0.05, 0.1) is 71.1 Å². The topological polar surface area (TPSA) is 564 Å². The summed E-state index contributed by atoms with van der Waals surface area (Å²) in [5, 5.41) is 84.4. The van der Waals surface area contributed by atoms with Gasteiger partial charge in [-0.25, -0.2) is 28.8 Å². The number of carbonyl (C=O) groups excluding carboxylic acids is 2. The number of aldehydes is 1. The molecule has 39 nitrogen and oxygen atoms in total. The fraction of sp³-hybridized carbons (Fsp3) is 0.446. The molecule has 0 saturated carbocycles. The molecule has 14 atom stereocenters. The monoisotopic (exact) mass is 1870 g/mol.